The second-order valence-corrected chi connectivity index (χ2v) is 8.09. The van der Waals surface area contributed by atoms with E-state index < -0.39 is 11.9 Å². The molecule has 10 heteroatoms. The molecule has 0 unspecified atom stereocenters. The molecule has 3 heterocycles. The summed E-state index contributed by atoms with van der Waals surface area (Å²) in [6.45, 7) is 1.90. The minimum absolute atomic E-state index is 0. The van der Waals surface area contributed by atoms with E-state index in [1.807, 2.05) is 35.2 Å². The van der Waals surface area contributed by atoms with Crippen molar-refractivity contribution >= 4 is 40.2 Å². The van der Waals surface area contributed by atoms with Crippen LogP contribution in [0.4, 0.5) is 11.8 Å². The molecule has 0 aliphatic carbocycles. The fraction of sp³-hybridized carbons (Fsp3) is 0.318. The third kappa shape index (κ3) is 4.73. The van der Waals surface area contributed by atoms with Crippen LogP contribution in [0.2, 0.25) is 5.02 Å². The molecule has 2 aliphatic heterocycles. The van der Waals surface area contributed by atoms with Gasteiger partial charge in [0, 0.05) is 41.9 Å². The van der Waals surface area contributed by atoms with E-state index >= 15 is 0 Å². The van der Waals surface area contributed by atoms with E-state index in [-0.39, 0.29) is 36.4 Å². The van der Waals surface area contributed by atoms with Gasteiger partial charge >= 0.3 is 29.6 Å². The number of benzene rings is 2. The van der Waals surface area contributed by atoms with Gasteiger partial charge in [-0.05, 0) is 48.7 Å². The normalized spacial score (nSPS) is 15.5. The predicted octanol–water partition coefficient (Wildman–Crippen LogP) is -0.406. The number of aliphatic carboxylic acids is 1. The summed E-state index contributed by atoms with van der Waals surface area (Å²) < 4.78 is 10.8. The number of rotatable bonds is 5. The zero-order valence-electron chi connectivity index (χ0n) is 17.6. The zero-order valence-corrected chi connectivity index (χ0v) is 20.4. The maximum Gasteiger partial charge on any atom is 1.00 e. The molecule has 1 aromatic heterocycles. The van der Waals surface area contributed by atoms with Gasteiger partial charge in [-0.2, -0.15) is 4.98 Å². The molecule has 160 valence electrons. The summed E-state index contributed by atoms with van der Waals surface area (Å²) in [7, 11) is 0. The van der Waals surface area contributed by atoms with Crippen LogP contribution in [0.5, 0.6) is 11.5 Å². The van der Waals surface area contributed by atoms with Gasteiger partial charge in [-0.3, -0.25) is 0 Å². The molecule has 2 aliphatic rings. The molecule has 1 N–H and O–H groups in total. The number of carboxylic acid groups (broad SMARTS) is 1. The van der Waals surface area contributed by atoms with Gasteiger partial charge in [0.2, 0.25) is 12.7 Å². The Morgan fingerprint density at radius 2 is 1.91 bits per heavy atom. The second-order valence-electron chi connectivity index (χ2n) is 7.66. The topological polar surface area (TPSA) is 99.6 Å². The molecule has 0 saturated carbocycles. The Morgan fingerprint density at radius 3 is 2.69 bits per heavy atom. The Morgan fingerprint density at radius 1 is 1.12 bits per heavy atom. The Bertz CT molecular complexity index is 1150. The largest absolute Gasteiger partial charge is 1.00 e. The van der Waals surface area contributed by atoms with Crippen molar-refractivity contribution in [2.24, 2.45) is 5.92 Å². The molecular formula is C22H20ClN4NaO4. The molecule has 2 aromatic carbocycles. The van der Waals surface area contributed by atoms with Crippen LogP contribution in [-0.2, 0) is 11.3 Å². The summed E-state index contributed by atoms with van der Waals surface area (Å²) in [6.07, 6.45) is 1.04. The van der Waals surface area contributed by atoms with Crippen molar-refractivity contribution in [3.8, 4) is 11.5 Å². The number of carbonyl (C=O) groups is 1. The van der Waals surface area contributed by atoms with E-state index in [0.717, 1.165) is 28.0 Å². The van der Waals surface area contributed by atoms with E-state index in [4.69, 9.17) is 26.1 Å². The Hall–Kier alpha value is -2.26. The zero-order chi connectivity index (χ0) is 21.4. The SMILES string of the molecule is O=C([O-])C1CCN(c2nc(NCc3ccc4c(c3)OCO4)c3cc(Cl)ccc3n2)CC1.[Na+]. The van der Waals surface area contributed by atoms with Crippen molar-refractivity contribution in [3.05, 3.63) is 47.0 Å². The average Bonchev–Trinajstić information content (AvgIpc) is 3.25. The van der Waals surface area contributed by atoms with E-state index in [0.29, 0.717) is 49.3 Å². The van der Waals surface area contributed by atoms with Gasteiger partial charge in [-0.1, -0.05) is 17.7 Å². The van der Waals surface area contributed by atoms with Crippen LogP contribution < -0.4 is 54.4 Å². The average molecular weight is 463 g/mol. The molecule has 0 bridgehead atoms. The molecule has 1 saturated heterocycles. The monoisotopic (exact) mass is 462 g/mol. The Kier molecular flexibility index (Phi) is 6.95. The minimum atomic E-state index is -0.986. The number of hydrogen-bond acceptors (Lipinski definition) is 8. The summed E-state index contributed by atoms with van der Waals surface area (Å²) in [5.74, 6) is 1.30. The number of anilines is 2. The number of fused-ring (bicyclic) bond motifs is 2. The van der Waals surface area contributed by atoms with Crippen molar-refractivity contribution in [1.29, 1.82) is 0 Å². The molecule has 0 radical (unpaired) electrons. The standard InChI is InChI=1S/C22H21ClN4O4.Na/c23-15-2-3-17-16(10-15)20(24-11-13-1-4-18-19(9-13)31-12-30-18)26-22(25-17)27-7-5-14(6-8-27)21(28)29;/h1-4,9-10,14H,5-8,11-12H2,(H,28,29)(H,24,25,26);/q;+1/p-1. The van der Waals surface area contributed by atoms with Crippen LogP contribution in [0.3, 0.4) is 0 Å². The first-order valence-electron chi connectivity index (χ1n) is 10.1. The van der Waals surface area contributed by atoms with Gasteiger partial charge in [0.1, 0.15) is 5.82 Å². The number of ether oxygens (including phenoxy) is 2. The molecule has 5 rings (SSSR count). The number of nitrogens with one attached hydrogen (secondary N) is 1. The summed E-state index contributed by atoms with van der Waals surface area (Å²) in [5, 5.41) is 16.0. The smallest absolute Gasteiger partial charge is 0.550 e. The molecular weight excluding hydrogens is 443 g/mol. The van der Waals surface area contributed by atoms with Gasteiger partial charge in [0.15, 0.2) is 11.5 Å². The molecule has 0 spiro atoms. The van der Waals surface area contributed by atoms with Crippen LogP contribution in [0.1, 0.15) is 18.4 Å². The molecule has 32 heavy (non-hydrogen) atoms. The molecule has 3 aromatic rings. The number of carbonyl (C=O) groups excluding carboxylic acids is 1. The van der Waals surface area contributed by atoms with Crippen LogP contribution in [0, 0.1) is 5.92 Å². The number of carboxylic acids is 1. The maximum atomic E-state index is 11.1. The Balaban J connectivity index is 0.00000245. The fourth-order valence-corrected chi connectivity index (χ4v) is 4.09. The number of hydrogen-bond donors (Lipinski definition) is 1. The van der Waals surface area contributed by atoms with Gasteiger partial charge in [0.25, 0.3) is 0 Å². The van der Waals surface area contributed by atoms with Crippen molar-refractivity contribution in [2.45, 2.75) is 19.4 Å². The second kappa shape index (κ2) is 9.70. The molecule has 1 fully saturated rings. The first kappa shape index (κ1) is 22.9. The third-order valence-electron chi connectivity index (χ3n) is 5.65. The van der Waals surface area contributed by atoms with E-state index in [1.165, 1.54) is 0 Å². The van der Waals surface area contributed by atoms with E-state index in [2.05, 4.69) is 10.3 Å². The predicted molar refractivity (Wildman–Crippen MR) is 114 cm³/mol. The van der Waals surface area contributed by atoms with Crippen LogP contribution >= 0.6 is 11.6 Å². The maximum absolute atomic E-state index is 11.1. The van der Waals surface area contributed by atoms with Crippen molar-refractivity contribution in [3.63, 3.8) is 0 Å². The van der Waals surface area contributed by atoms with Gasteiger partial charge in [0.05, 0.1) is 5.52 Å². The number of nitrogens with zero attached hydrogens (tertiary/aromatic N) is 3. The fourth-order valence-electron chi connectivity index (χ4n) is 3.92. The molecule has 0 atom stereocenters. The molecule has 8 nitrogen and oxygen atoms in total. The number of piperidine rings is 1. The van der Waals surface area contributed by atoms with Gasteiger partial charge < -0.3 is 29.6 Å². The quantitative estimate of drug-likeness (QED) is 0.511. The van der Waals surface area contributed by atoms with Crippen LogP contribution in [0.15, 0.2) is 36.4 Å². The van der Waals surface area contributed by atoms with Crippen molar-refractivity contribution < 1.29 is 48.9 Å². The first-order chi connectivity index (χ1) is 15.1. The van der Waals surface area contributed by atoms with E-state index in [1.54, 1.807) is 6.07 Å². The van der Waals surface area contributed by atoms with Crippen molar-refractivity contribution in [1.82, 2.24) is 9.97 Å². The number of halogens is 1. The number of aromatic nitrogens is 2. The van der Waals surface area contributed by atoms with Crippen molar-refractivity contribution in [2.75, 3.05) is 30.1 Å². The third-order valence-corrected chi connectivity index (χ3v) is 5.89. The van der Waals surface area contributed by atoms with Gasteiger partial charge in [-0.25, -0.2) is 4.98 Å². The van der Waals surface area contributed by atoms with Crippen LogP contribution in [0.25, 0.3) is 10.9 Å². The van der Waals surface area contributed by atoms with Gasteiger partial charge in [-0.15, -0.1) is 0 Å². The Labute approximate surface area is 212 Å². The summed E-state index contributed by atoms with van der Waals surface area (Å²) in [6, 6.07) is 11.3. The van der Waals surface area contributed by atoms with E-state index in [9.17, 15) is 9.90 Å². The summed E-state index contributed by atoms with van der Waals surface area (Å²) in [5.41, 5.74) is 1.79. The molecule has 0 amide bonds. The summed E-state index contributed by atoms with van der Waals surface area (Å²) >= 11 is 6.22. The minimum Gasteiger partial charge on any atom is -0.550 e. The van der Waals surface area contributed by atoms with Crippen LogP contribution in [-0.4, -0.2) is 35.8 Å². The summed E-state index contributed by atoms with van der Waals surface area (Å²) in [4.78, 5) is 22.6. The first-order valence-corrected chi connectivity index (χ1v) is 10.5.